The van der Waals surface area contributed by atoms with E-state index in [2.05, 4.69) is 12.1 Å². The molecule has 0 radical (unpaired) electrons. The Balaban J connectivity index is 2.25. The first-order valence-corrected chi connectivity index (χ1v) is 4.70. The molecule has 0 heterocycles. The molecule has 0 bridgehead atoms. The molecule has 2 atom stereocenters. The first kappa shape index (κ1) is 8.73. The molecule has 0 saturated heterocycles. The number of hydrogen-bond donors (Lipinski definition) is 2. The van der Waals surface area contributed by atoms with Crippen molar-refractivity contribution < 1.29 is 5.11 Å². The minimum Gasteiger partial charge on any atom is -0.396 e. The Morgan fingerprint density at radius 2 is 2.08 bits per heavy atom. The van der Waals surface area contributed by atoms with E-state index in [-0.39, 0.29) is 12.0 Å². The molecule has 0 aliphatic heterocycles. The van der Waals surface area contributed by atoms with E-state index in [0.29, 0.717) is 12.5 Å². The summed E-state index contributed by atoms with van der Waals surface area (Å²) in [4.78, 5) is 0. The van der Waals surface area contributed by atoms with Crippen molar-refractivity contribution >= 4 is 0 Å². The highest BCUT2D eigenvalue weighted by Crippen LogP contribution is 2.52. The van der Waals surface area contributed by atoms with Crippen LogP contribution in [0.5, 0.6) is 0 Å². The molecule has 2 heteroatoms. The van der Waals surface area contributed by atoms with Gasteiger partial charge in [0.2, 0.25) is 0 Å². The zero-order valence-corrected chi connectivity index (χ0v) is 7.61. The van der Waals surface area contributed by atoms with Crippen LogP contribution in [0.25, 0.3) is 0 Å². The second-order valence-electron chi connectivity index (χ2n) is 3.81. The third-order valence-electron chi connectivity index (χ3n) is 3.17. The lowest BCUT2D eigenvalue weighted by Gasteiger charge is -2.14. The average Bonchev–Trinajstić information content (AvgIpc) is 2.94. The van der Waals surface area contributed by atoms with Crippen LogP contribution in [-0.2, 0) is 5.41 Å². The smallest absolute Gasteiger partial charge is 0.0468 e. The van der Waals surface area contributed by atoms with Gasteiger partial charge < -0.3 is 10.8 Å². The standard InChI is InChI=1S/C11H15NO/c12-8-11(6-10(11)7-13)9-4-2-1-3-5-9/h1-5,10,13H,6-8,12H2/t10-,11+/m0/s1. The first-order valence-electron chi connectivity index (χ1n) is 4.70. The fourth-order valence-electron chi connectivity index (χ4n) is 2.11. The fourth-order valence-corrected chi connectivity index (χ4v) is 2.11. The van der Waals surface area contributed by atoms with Crippen LogP contribution in [0.4, 0.5) is 0 Å². The van der Waals surface area contributed by atoms with E-state index in [1.54, 1.807) is 0 Å². The van der Waals surface area contributed by atoms with Crippen molar-refractivity contribution in [3.8, 4) is 0 Å². The zero-order chi connectivity index (χ0) is 9.31. The fraction of sp³-hybridized carbons (Fsp3) is 0.455. The van der Waals surface area contributed by atoms with Crippen molar-refractivity contribution in [2.24, 2.45) is 11.7 Å². The van der Waals surface area contributed by atoms with Gasteiger partial charge >= 0.3 is 0 Å². The Morgan fingerprint density at radius 1 is 1.38 bits per heavy atom. The highest BCUT2D eigenvalue weighted by atomic mass is 16.3. The highest BCUT2D eigenvalue weighted by Gasteiger charge is 2.53. The van der Waals surface area contributed by atoms with Crippen LogP contribution in [0.15, 0.2) is 30.3 Å². The first-order chi connectivity index (χ1) is 6.33. The molecular weight excluding hydrogens is 162 g/mol. The number of nitrogens with two attached hydrogens (primary N) is 1. The summed E-state index contributed by atoms with van der Waals surface area (Å²) >= 11 is 0. The predicted molar refractivity (Wildman–Crippen MR) is 52.4 cm³/mol. The molecular formula is C11H15NO. The molecule has 1 aliphatic rings. The van der Waals surface area contributed by atoms with Crippen molar-refractivity contribution in [1.82, 2.24) is 0 Å². The highest BCUT2D eigenvalue weighted by molar-refractivity contribution is 5.34. The Hall–Kier alpha value is -0.860. The van der Waals surface area contributed by atoms with Gasteiger partial charge in [0, 0.05) is 18.6 Å². The zero-order valence-electron chi connectivity index (χ0n) is 7.61. The Bertz CT molecular complexity index is 285. The maximum Gasteiger partial charge on any atom is 0.0468 e. The number of hydrogen-bond acceptors (Lipinski definition) is 2. The van der Waals surface area contributed by atoms with Gasteiger partial charge in [0.1, 0.15) is 0 Å². The summed E-state index contributed by atoms with van der Waals surface area (Å²) in [5, 5.41) is 9.08. The van der Waals surface area contributed by atoms with Crippen molar-refractivity contribution in [3.05, 3.63) is 35.9 Å². The number of rotatable bonds is 3. The van der Waals surface area contributed by atoms with Crippen LogP contribution in [0.2, 0.25) is 0 Å². The van der Waals surface area contributed by atoms with Gasteiger partial charge in [0.15, 0.2) is 0 Å². The third-order valence-corrected chi connectivity index (χ3v) is 3.17. The van der Waals surface area contributed by atoms with Gasteiger partial charge in [0.25, 0.3) is 0 Å². The topological polar surface area (TPSA) is 46.2 Å². The van der Waals surface area contributed by atoms with Crippen LogP contribution in [0, 0.1) is 5.92 Å². The van der Waals surface area contributed by atoms with Crippen molar-refractivity contribution in [1.29, 1.82) is 0 Å². The Kier molecular flexibility index (Phi) is 2.10. The van der Waals surface area contributed by atoms with Crippen molar-refractivity contribution in [2.75, 3.05) is 13.2 Å². The predicted octanol–water partition coefficient (Wildman–Crippen LogP) is 0.895. The van der Waals surface area contributed by atoms with E-state index in [1.807, 2.05) is 18.2 Å². The minimum atomic E-state index is 0.0794. The van der Waals surface area contributed by atoms with E-state index in [1.165, 1.54) is 5.56 Å². The van der Waals surface area contributed by atoms with E-state index in [0.717, 1.165) is 6.42 Å². The monoisotopic (exact) mass is 177 g/mol. The second-order valence-corrected chi connectivity index (χ2v) is 3.81. The summed E-state index contributed by atoms with van der Waals surface area (Å²) in [5.41, 5.74) is 7.11. The van der Waals surface area contributed by atoms with Gasteiger partial charge in [-0.1, -0.05) is 30.3 Å². The van der Waals surface area contributed by atoms with Gasteiger partial charge in [0.05, 0.1) is 0 Å². The van der Waals surface area contributed by atoms with Gasteiger partial charge in [-0.15, -0.1) is 0 Å². The van der Waals surface area contributed by atoms with Crippen LogP contribution in [0.1, 0.15) is 12.0 Å². The van der Waals surface area contributed by atoms with Gasteiger partial charge in [-0.2, -0.15) is 0 Å². The summed E-state index contributed by atoms with van der Waals surface area (Å²) in [6, 6.07) is 10.3. The minimum absolute atomic E-state index is 0.0794. The Morgan fingerprint density at radius 3 is 2.54 bits per heavy atom. The summed E-state index contributed by atoms with van der Waals surface area (Å²) in [7, 11) is 0. The molecule has 1 aromatic carbocycles. The Labute approximate surface area is 78.4 Å². The molecule has 70 valence electrons. The van der Waals surface area contributed by atoms with E-state index < -0.39 is 0 Å². The molecule has 0 aromatic heterocycles. The van der Waals surface area contributed by atoms with Crippen LogP contribution >= 0.6 is 0 Å². The maximum absolute atomic E-state index is 9.08. The molecule has 13 heavy (non-hydrogen) atoms. The quantitative estimate of drug-likeness (QED) is 0.720. The molecule has 0 spiro atoms. The lowest BCUT2D eigenvalue weighted by molar-refractivity contribution is 0.264. The van der Waals surface area contributed by atoms with Gasteiger partial charge in [-0.05, 0) is 17.9 Å². The maximum atomic E-state index is 9.08. The van der Waals surface area contributed by atoms with E-state index in [4.69, 9.17) is 10.8 Å². The molecule has 0 unspecified atom stereocenters. The van der Waals surface area contributed by atoms with Gasteiger partial charge in [-0.3, -0.25) is 0 Å². The molecule has 2 nitrogen and oxygen atoms in total. The van der Waals surface area contributed by atoms with Crippen molar-refractivity contribution in [2.45, 2.75) is 11.8 Å². The van der Waals surface area contributed by atoms with Crippen LogP contribution < -0.4 is 5.73 Å². The second kappa shape index (κ2) is 3.13. The van der Waals surface area contributed by atoms with Crippen LogP contribution in [-0.4, -0.2) is 18.3 Å². The largest absolute Gasteiger partial charge is 0.396 e. The molecule has 1 aliphatic carbocycles. The van der Waals surface area contributed by atoms with E-state index in [9.17, 15) is 0 Å². The molecule has 1 aromatic rings. The molecule has 1 saturated carbocycles. The molecule has 2 rings (SSSR count). The van der Waals surface area contributed by atoms with Crippen molar-refractivity contribution in [3.63, 3.8) is 0 Å². The number of aliphatic hydroxyl groups excluding tert-OH is 1. The lowest BCUT2D eigenvalue weighted by atomic mass is 9.93. The summed E-state index contributed by atoms with van der Waals surface area (Å²) < 4.78 is 0. The number of benzene rings is 1. The SMILES string of the molecule is NC[C@@]1(c2ccccc2)C[C@H]1CO. The molecule has 1 fully saturated rings. The average molecular weight is 177 g/mol. The lowest BCUT2D eigenvalue weighted by Crippen LogP contribution is -2.23. The normalized spacial score (nSPS) is 31.7. The molecule has 3 N–H and O–H groups in total. The van der Waals surface area contributed by atoms with E-state index >= 15 is 0 Å². The van der Waals surface area contributed by atoms with Gasteiger partial charge in [-0.25, -0.2) is 0 Å². The summed E-state index contributed by atoms with van der Waals surface area (Å²) in [5.74, 6) is 0.375. The summed E-state index contributed by atoms with van der Waals surface area (Å²) in [6.45, 7) is 0.897. The third kappa shape index (κ3) is 1.26. The summed E-state index contributed by atoms with van der Waals surface area (Å²) in [6.07, 6.45) is 1.03. The molecule has 0 amide bonds. The number of aliphatic hydroxyl groups is 1. The van der Waals surface area contributed by atoms with Crippen LogP contribution in [0.3, 0.4) is 0 Å².